The Balaban J connectivity index is 1.58. The molecule has 2 saturated heterocycles. The average Bonchev–Trinajstić information content (AvgIpc) is 3.18. The highest BCUT2D eigenvalue weighted by Crippen LogP contribution is 2.17. The maximum atomic E-state index is 12.1. The molecule has 2 fully saturated rings. The van der Waals surface area contributed by atoms with Crippen LogP contribution in [0.3, 0.4) is 0 Å². The highest BCUT2D eigenvalue weighted by molar-refractivity contribution is 6.15. The molecule has 2 aliphatic heterocycles. The summed E-state index contributed by atoms with van der Waals surface area (Å²) in [5.41, 5.74) is 1.45. The van der Waals surface area contributed by atoms with Crippen LogP contribution in [0.1, 0.15) is 12.0 Å². The second-order valence-corrected chi connectivity index (χ2v) is 5.61. The van der Waals surface area contributed by atoms with Crippen LogP contribution in [0.5, 0.6) is 0 Å². The monoisotopic (exact) mass is 308 g/mol. The molecule has 1 amide bonds. The van der Waals surface area contributed by atoms with Gasteiger partial charge in [-0.25, -0.2) is 4.99 Å². The third kappa shape index (κ3) is 2.93. The summed E-state index contributed by atoms with van der Waals surface area (Å²) in [6, 6.07) is 8.05. The van der Waals surface area contributed by atoms with E-state index in [2.05, 4.69) is 20.6 Å². The molecule has 0 spiro atoms. The van der Waals surface area contributed by atoms with Crippen molar-refractivity contribution in [1.82, 2.24) is 15.6 Å². The molecule has 116 valence electrons. The first-order valence-electron chi connectivity index (χ1n) is 7.57. The Morgan fingerprint density at radius 3 is 3.09 bits per heavy atom. The van der Waals surface area contributed by atoms with Gasteiger partial charge in [0.25, 0.3) is 5.91 Å². The third-order valence-electron chi connectivity index (χ3n) is 3.92. The molecule has 1 aromatic carbocycles. The number of pyridine rings is 1. The molecule has 2 N–H and O–H groups in total. The highest BCUT2D eigenvalue weighted by Gasteiger charge is 2.24. The van der Waals surface area contributed by atoms with E-state index in [1.54, 1.807) is 6.20 Å². The number of carbonyl (C=O) groups is 1. The van der Waals surface area contributed by atoms with Gasteiger partial charge in [-0.3, -0.25) is 15.1 Å². The van der Waals surface area contributed by atoms with Gasteiger partial charge in [0.15, 0.2) is 0 Å². The average molecular weight is 308 g/mol. The van der Waals surface area contributed by atoms with Crippen molar-refractivity contribution in [2.75, 3.05) is 13.2 Å². The van der Waals surface area contributed by atoms with Crippen LogP contribution in [-0.4, -0.2) is 36.1 Å². The smallest absolute Gasteiger partial charge is 0.274 e. The second kappa shape index (κ2) is 5.81. The van der Waals surface area contributed by atoms with E-state index in [9.17, 15) is 4.79 Å². The Hall–Kier alpha value is -2.73. The van der Waals surface area contributed by atoms with Crippen LogP contribution in [0.4, 0.5) is 0 Å². The Morgan fingerprint density at radius 2 is 2.22 bits per heavy atom. The predicted molar refractivity (Wildman–Crippen MR) is 87.7 cm³/mol. The molecular weight excluding hydrogens is 292 g/mol. The van der Waals surface area contributed by atoms with E-state index in [-0.39, 0.29) is 11.9 Å². The summed E-state index contributed by atoms with van der Waals surface area (Å²) in [5.74, 6) is 0.333. The van der Waals surface area contributed by atoms with E-state index in [0.717, 1.165) is 29.4 Å². The number of hydrogen-bond acceptors (Lipinski definition) is 4. The Kier molecular flexibility index (Phi) is 3.51. The van der Waals surface area contributed by atoms with Crippen LogP contribution in [0, 0.1) is 0 Å². The van der Waals surface area contributed by atoms with E-state index in [1.807, 2.05) is 36.5 Å². The zero-order valence-corrected chi connectivity index (χ0v) is 12.5. The zero-order chi connectivity index (χ0) is 15.6. The lowest BCUT2D eigenvalue weighted by Crippen LogP contribution is -2.27. The minimum Gasteiger partial charge on any atom is -0.379 e. The standard InChI is InChI=1S/C17H16N4O2/c22-16-15(20-17(21-16)19-14-4-6-23-10-14)8-11-1-2-13-9-18-5-3-12(13)7-11/h1-3,5,7-9,14H,4,6,10H2,(H2,19,20,21,22)/b15-8-/t14-/m1/s1. The van der Waals surface area contributed by atoms with Gasteiger partial charge >= 0.3 is 0 Å². The van der Waals surface area contributed by atoms with Crippen molar-refractivity contribution < 1.29 is 9.53 Å². The molecular formula is C17H16N4O2. The topological polar surface area (TPSA) is 75.6 Å². The fraction of sp³-hybridized carbons (Fsp3) is 0.235. The number of hydrogen-bond donors (Lipinski definition) is 2. The fourth-order valence-corrected chi connectivity index (χ4v) is 2.72. The summed E-state index contributed by atoms with van der Waals surface area (Å²) >= 11 is 0. The van der Waals surface area contributed by atoms with Crippen molar-refractivity contribution in [2.24, 2.45) is 4.99 Å². The first-order chi connectivity index (χ1) is 11.3. The molecule has 0 aliphatic carbocycles. The summed E-state index contributed by atoms with van der Waals surface area (Å²) in [6.45, 7) is 1.34. The maximum absolute atomic E-state index is 12.1. The van der Waals surface area contributed by atoms with Gasteiger partial charge in [-0.15, -0.1) is 0 Å². The molecule has 1 atom stereocenters. The molecule has 4 rings (SSSR count). The normalized spacial score (nSPS) is 24.3. The van der Waals surface area contributed by atoms with Crippen molar-refractivity contribution >= 4 is 28.7 Å². The van der Waals surface area contributed by atoms with Crippen molar-refractivity contribution in [3.8, 4) is 0 Å². The van der Waals surface area contributed by atoms with Crippen LogP contribution >= 0.6 is 0 Å². The number of guanidine groups is 1. The number of carbonyl (C=O) groups excluding carboxylic acids is 1. The lowest BCUT2D eigenvalue weighted by Gasteiger charge is -2.02. The van der Waals surface area contributed by atoms with Crippen molar-refractivity contribution in [3.63, 3.8) is 0 Å². The Bertz CT molecular complexity index is 822. The summed E-state index contributed by atoms with van der Waals surface area (Å²) in [5, 5.41) is 7.96. The van der Waals surface area contributed by atoms with E-state index in [0.29, 0.717) is 18.3 Å². The van der Waals surface area contributed by atoms with E-state index >= 15 is 0 Å². The molecule has 23 heavy (non-hydrogen) atoms. The number of fused-ring (bicyclic) bond motifs is 1. The quantitative estimate of drug-likeness (QED) is 0.823. The largest absolute Gasteiger partial charge is 0.379 e. The van der Waals surface area contributed by atoms with E-state index < -0.39 is 0 Å². The summed E-state index contributed by atoms with van der Waals surface area (Å²) in [7, 11) is 0. The van der Waals surface area contributed by atoms with Crippen LogP contribution < -0.4 is 10.6 Å². The summed E-state index contributed by atoms with van der Waals surface area (Å²) in [6.07, 6.45) is 6.29. The number of nitrogens with one attached hydrogen (secondary N) is 2. The highest BCUT2D eigenvalue weighted by atomic mass is 16.5. The Morgan fingerprint density at radius 1 is 1.26 bits per heavy atom. The molecule has 2 aromatic rings. The summed E-state index contributed by atoms with van der Waals surface area (Å²) in [4.78, 5) is 20.6. The maximum Gasteiger partial charge on any atom is 0.274 e. The molecule has 3 heterocycles. The van der Waals surface area contributed by atoms with Crippen LogP contribution in [0.15, 0.2) is 47.3 Å². The molecule has 6 nitrogen and oxygen atoms in total. The molecule has 2 aliphatic rings. The molecule has 0 bridgehead atoms. The van der Waals surface area contributed by atoms with Crippen LogP contribution in [-0.2, 0) is 9.53 Å². The summed E-state index contributed by atoms with van der Waals surface area (Å²) < 4.78 is 5.29. The Labute approximate surface area is 133 Å². The number of amides is 1. The molecule has 1 aromatic heterocycles. The lowest BCUT2D eigenvalue weighted by atomic mass is 10.1. The van der Waals surface area contributed by atoms with Gasteiger partial charge in [0.1, 0.15) is 5.70 Å². The van der Waals surface area contributed by atoms with Gasteiger partial charge in [-0.05, 0) is 35.6 Å². The van der Waals surface area contributed by atoms with Crippen LogP contribution in [0.2, 0.25) is 0 Å². The zero-order valence-electron chi connectivity index (χ0n) is 12.5. The number of benzene rings is 1. The molecule has 0 radical (unpaired) electrons. The van der Waals surface area contributed by atoms with Gasteiger partial charge in [-0.1, -0.05) is 12.1 Å². The van der Waals surface area contributed by atoms with Crippen molar-refractivity contribution in [2.45, 2.75) is 12.5 Å². The first kappa shape index (κ1) is 13.9. The third-order valence-corrected chi connectivity index (χ3v) is 3.92. The lowest BCUT2D eigenvalue weighted by molar-refractivity contribution is -0.115. The minimum atomic E-state index is -0.169. The van der Waals surface area contributed by atoms with Gasteiger partial charge in [0, 0.05) is 24.4 Å². The van der Waals surface area contributed by atoms with Crippen molar-refractivity contribution in [1.29, 1.82) is 0 Å². The molecule has 0 unspecified atom stereocenters. The molecule has 6 heteroatoms. The number of nitrogens with zero attached hydrogens (tertiary/aromatic N) is 2. The second-order valence-electron chi connectivity index (χ2n) is 5.61. The van der Waals surface area contributed by atoms with Gasteiger partial charge in [0.05, 0.1) is 12.6 Å². The number of aromatic nitrogens is 1. The van der Waals surface area contributed by atoms with Crippen molar-refractivity contribution in [3.05, 3.63) is 47.9 Å². The van der Waals surface area contributed by atoms with Gasteiger partial charge < -0.3 is 10.1 Å². The number of aliphatic imine (C=N–C) groups is 1. The van der Waals surface area contributed by atoms with E-state index in [1.165, 1.54) is 0 Å². The van der Waals surface area contributed by atoms with Gasteiger partial charge in [0.2, 0.25) is 5.96 Å². The number of ether oxygens (including phenoxy) is 1. The molecule has 0 saturated carbocycles. The van der Waals surface area contributed by atoms with Crippen LogP contribution in [0.25, 0.3) is 16.8 Å². The van der Waals surface area contributed by atoms with Gasteiger partial charge in [-0.2, -0.15) is 0 Å². The number of rotatable bonds is 2. The fourth-order valence-electron chi connectivity index (χ4n) is 2.72. The predicted octanol–water partition coefficient (Wildman–Crippen LogP) is 1.44. The SMILES string of the molecule is O=C1NC(=N[C@@H]2CCOC2)N/C1=C\c1ccc2cnccc2c1. The van der Waals surface area contributed by atoms with E-state index in [4.69, 9.17) is 4.74 Å². The first-order valence-corrected chi connectivity index (χ1v) is 7.57. The minimum absolute atomic E-state index is 0.116.